The Morgan fingerprint density at radius 3 is 3.33 bits per heavy atom. The normalized spacial score (nSPS) is 26.2. The van der Waals surface area contributed by atoms with Gasteiger partial charge in [-0.3, -0.25) is 4.79 Å². The summed E-state index contributed by atoms with van der Waals surface area (Å²) in [7, 11) is 0. The van der Waals surface area contributed by atoms with E-state index < -0.39 is 0 Å². The van der Waals surface area contributed by atoms with E-state index in [0.717, 1.165) is 12.8 Å². The molecule has 64 valence electrons. The van der Waals surface area contributed by atoms with Gasteiger partial charge in [-0.05, 0) is 19.3 Å². The molecule has 0 aromatic heterocycles. The van der Waals surface area contributed by atoms with Gasteiger partial charge in [-0.1, -0.05) is 0 Å². The number of nitrogens with zero attached hydrogens (tertiary/aromatic N) is 1. The molecule has 0 saturated heterocycles. The second-order valence-electron chi connectivity index (χ2n) is 3.20. The van der Waals surface area contributed by atoms with E-state index in [2.05, 4.69) is 4.99 Å². The first-order valence-electron chi connectivity index (χ1n) is 4.23. The van der Waals surface area contributed by atoms with Gasteiger partial charge in [0.05, 0.1) is 0 Å². The highest BCUT2D eigenvalue weighted by Crippen LogP contribution is 2.36. The van der Waals surface area contributed by atoms with Gasteiger partial charge in [0.2, 0.25) is 5.88 Å². The van der Waals surface area contributed by atoms with Gasteiger partial charge < -0.3 is 4.74 Å². The molecule has 0 aromatic carbocycles. The lowest BCUT2D eigenvalue weighted by molar-refractivity contribution is -0.136. The van der Waals surface area contributed by atoms with Gasteiger partial charge in [0, 0.05) is 24.6 Å². The highest BCUT2D eigenvalue weighted by molar-refractivity contribution is 5.74. The third kappa shape index (κ3) is 1.15. The van der Waals surface area contributed by atoms with Crippen molar-refractivity contribution in [1.82, 2.24) is 0 Å². The number of esters is 1. The summed E-state index contributed by atoms with van der Waals surface area (Å²) in [6.07, 6.45) is 5.27. The monoisotopic (exact) mass is 165 g/mol. The molecule has 0 amide bonds. The first-order valence-corrected chi connectivity index (χ1v) is 4.23. The molecule has 2 rings (SSSR count). The smallest absolute Gasteiger partial charge is 0.309 e. The number of fused-ring (bicyclic) bond motifs is 1. The Hall–Kier alpha value is -1.12. The number of allylic oxidation sites excluding steroid dienone is 1. The van der Waals surface area contributed by atoms with E-state index in [1.54, 1.807) is 0 Å². The molecule has 0 aromatic rings. The van der Waals surface area contributed by atoms with Gasteiger partial charge in [-0.25, -0.2) is 4.99 Å². The minimum absolute atomic E-state index is 0.276. The molecule has 0 bridgehead atoms. The third-order valence-corrected chi connectivity index (χ3v) is 2.30. The fourth-order valence-electron chi connectivity index (χ4n) is 1.77. The summed E-state index contributed by atoms with van der Waals surface area (Å²) < 4.78 is 4.97. The standard InChI is InChI=1S/C9H11NO2/c1-6(11)12-9-8-4-2-3-7(8)5-10-9/h5,7H,2-4H2,1H3. The number of carbonyl (C=O) groups is 1. The maximum atomic E-state index is 10.7. The van der Waals surface area contributed by atoms with E-state index in [1.165, 1.54) is 18.9 Å². The number of ether oxygens (including phenoxy) is 1. The van der Waals surface area contributed by atoms with E-state index in [-0.39, 0.29) is 5.97 Å². The van der Waals surface area contributed by atoms with Crippen molar-refractivity contribution in [3.8, 4) is 0 Å². The van der Waals surface area contributed by atoms with Crippen LogP contribution in [0.5, 0.6) is 0 Å². The highest BCUT2D eigenvalue weighted by atomic mass is 16.5. The van der Waals surface area contributed by atoms with Crippen molar-refractivity contribution in [2.45, 2.75) is 26.2 Å². The Morgan fingerprint density at radius 2 is 2.58 bits per heavy atom. The maximum Gasteiger partial charge on any atom is 0.309 e. The van der Waals surface area contributed by atoms with Crippen molar-refractivity contribution in [2.75, 3.05) is 0 Å². The van der Waals surface area contributed by atoms with Crippen LogP contribution in [0.2, 0.25) is 0 Å². The van der Waals surface area contributed by atoms with Crippen LogP contribution in [0, 0.1) is 5.92 Å². The van der Waals surface area contributed by atoms with E-state index in [1.807, 2.05) is 6.21 Å². The zero-order valence-electron chi connectivity index (χ0n) is 7.04. The Kier molecular flexibility index (Phi) is 1.71. The highest BCUT2D eigenvalue weighted by Gasteiger charge is 2.28. The van der Waals surface area contributed by atoms with Gasteiger partial charge in [0.15, 0.2) is 0 Å². The SMILES string of the molecule is CC(=O)OC1=C2CCCC2C=N1. The van der Waals surface area contributed by atoms with Crippen LogP contribution in [-0.2, 0) is 9.53 Å². The summed E-state index contributed by atoms with van der Waals surface area (Å²) in [4.78, 5) is 14.7. The lowest BCUT2D eigenvalue weighted by atomic mass is 10.1. The average molecular weight is 165 g/mol. The predicted octanol–water partition coefficient (Wildman–Crippen LogP) is 1.65. The number of hydrogen-bond acceptors (Lipinski definition) is 3. The Bertz CT molecular complexity index is 278. The summed E-state index contributed by atoms with van der Waals surface area (Å²) in [6, 6.07) is 0. The van der Waals surface area contributed by atoms with Gasteiger partial charge in [-0.15, -0.1) is 0 Å². The topological polar surface area (TPSA) is 38.7 Å². The Labute approximate surface area is 71.1 Å². The minimum Gasteiger partial charge on any atom is -0.408 e. The first-order chi connectivity index (χ1) is 5.77. The lowest BCUT2D eigenvalue weighted by Gasteiger charge is -2.01. The van der Waals surface area contributed by atoms with Gasteiger partial charge in [-0.2, -0.15) is 0 Å². The average Bonchev–Trinajstić information content (AvgIpc) is 2.52. The molecule has 0 spiro atoms. The zero-order valence-corrected chi connectivity index (χ0v) is 7.04. The molecule has 1 fully saturated rings. The molecule has 3 heteroatoms. The molecule has 0 N–H and O–H groups in total. The van der Waals surface area contributed by atoms with Crippen molar-refractivity contribution in [3.63, 3.8) is 0 Å². The molecule has 0 radical (unpaired) electrons. The van der Waals surface area contributed by atoms with Crippen molar-refractivity contribution < 1.29 is 9.53 Å². The Morgan fingerprint density at radius 1 is 1.75 bits per heavy atom. The van der Waals surface area contributed by atoms with Gasteiger partial charge >= 0.3 is 5.97 Å². The molecule has 2 aliphatic rings. The van der Waals surface area contributed by atoms with E-state index in [0.29, 0.717) is 11.8 Å². The molecule has 1 saturated carbocycles. The number of carbonyl (C=O) groups excluding carboxylic acids is 1. The number of rotatable bonds is 1. The van der Waals surface area contributed by atoms with Crippen LogP contribution in [-0.4, -0.2) is 12.2 Å². The van der Waals surface area contributed by atoms with Crippen LogP contribution in [0.4, 0.5) is 0 Å². The molecule has 12 heavy (non-hydrogen) atoms. The molecular weight excluding hydrogens is 154 g/mol. The molecule has 1 aliphatic heterocycles. The predicted molar refractivity (Wildman–Crippen MR) is 44.6 cm³/mol. The van der Waals surface area contributed by atoms with Crippen molar-refractivity contribution in [1.29, 1.82) is 0 Å². The van der Waals surface area contributed by atoms with E-state index in [4.69, 9.17) is 4.74 Å². The second kappa shape index (κ2) is 2.73. The molecular formula is C9H11NO2. The number of aliphatic imine (C=N–C) groups is 1. The van der Waals surface area contributed by atoms with Crippen molar-refractivity contribution in [2.24, 2.45) is 10.9 Å². The largest absolute Gasteiger partial charge is 0.408 e. The quantitative estimate of drug-likeness (QED) is 0.554. The fraction of sp³-hybridized carbons (Fsp3) is 0.556. The Balaban J connectivity index is 2.18. The van der Waals surface area contributed by atoms with Crippen molar-refractivity contribution >= 4 is 12.2 Å². The van der Waals surface area contributed by atoms with Crippen molar-refractivity contribution in [3.05, 3.63) is 11.5 Å². The summed E-state index contributed by atoms with van der Waals surface area (Å²) >= 11 is 0. The summed E-state index contributed by atoms with van der Waals surface area (Å²) in [5.41, 5.74) is 1.21. The first kappa shape index (κ1) is 7.53. The van der Waals surface area contributed by atoms with Crippen LogP contribution < -0.4 is 0 Å². The molecule has 1 heterocycles. The van der Waals surface area contributed by atoms with Gasteiger partial charge in [0.1, 0.15) is 0 Å². The third-order valence-electron chi connectivity index (χ3n) is 2.30. The summed E-state index contributed by atoms with van der Waals surface area (Å²) in [5, 5.41) is 0. The molecule has 3 nitrogen and oxygen atoms in total. The fourth-order valence-corrected chi connectivity index (χ4v) is 1.77. The maximum absolute atomic E-state index is 10.7. The molecule has 1 aliphatic carbocycles. The zero-order chi connectivity index (χ0) is 8.55. The molecule has 1 unspecified atom stereocenters. The lowest BCUT2D eigenvalue weighted by Crippen LogP contribution is -1.98. The minimum atomic E-state index is -0.276. The van der Waals surface area contributed by atoms with E-state index >= 15 is 0 Å². The van der Waals surface area contributed by atoms with Crippen LogP contribution in [0.15, 0.2) is 16.4 Å². The second-order valence-corrected chi connectivity index (χ2v) is 3.20. The van der Waals surface area contributed by atoms with E-state index in [9.17, 15) is 4.79 Å². The summed E-state index contributed by atoms with van der Waals surface area (Å²) in [5.74, 6) is 0.742. The van der Waals surface area contributed by atoms with Crippen LogP contribution in [0.25, 0.3) is 0 Å². The van der Waals surface area contributed by atoms with Crippen LogP contribution >= 0.6 is 0 Å². The summed E-state index contributed by atoms with van der Waals surface area (Å²) in [6.45, 7) is 1.41. The van der Waals surface area contributed by atoms with Crippen LogP contribution in [0.3, 0.4) is 0 Å². The van der Waals surface area contributed by atoms with Crippen LogP contribution in [0.1, 0.15) is 26.2 Å². The molecule has 1 atom stereocenters. The number of hydrogen-bond donors (Lipinski definition) is 0. The van der Waals surface area contributed by atoms with Gasteiger partial charge in [0.25, 0.3) is 0 Å².